The van der Waals surface area contributed by atoms with Gasteiger partial charge in [0.15, 0.2) is 0 Å². The van der Waals surface area contributed by atoms with Crippen molar-refractivity contribution in [1.82, 2.24) is 13.4 Å². The molecule has 0 aliphatic carbocycles. The van der Waals surface area contributed by atoms with Gasteiger partial charge in [0.25, 0.3) is 0 Å². The summed E-state index contributed by atoms with van der Waals surface area (Å²) in [4.78, 5) is 38.7. The Morgan fingerprint density at radius 3 is 2.38 bits per heavy atom. The highest BCUT2D eigenvalue weighted by Crippen LogP contribution is 2.27. The van der Waals surface area contributed by atoms with Crippen molar-refractivity contribution in [3.05, 3.63) is 68.7 Å². The number of nitrogens with zero attached hydrogens (tertiary/aromatic N) is 4. The number of hydrogen-bond acceptors (Lipinski definition) is 5. The number of anilines is 1. The molecule has 1 aliphatic heterocycles. The summed E-state index contributed by atoms with van der Waals surface area (Å²) < 4.78 is 29.7. The smallest absolute Gasteiger partial charge is 0.311 e. The summed E-state index contributed by atoms with van der Waals surface area (Å²) in [5.74, 6) is -0.307. The molecule has 10 heteroatoms. The minimum Gasteiger partial charge on any atom is -0.311 e. The molecule has 0 spiro atoms. The van der Waals surface area contributed by atoms with Crippen molar-refractivity contribution >= 4 is 32.7 Å². The van der Waals surface area contributed by atoms with Crippen molar-refractivity contribution in [2.24, 2.45) is 14.1 Å². The number of para-hydroxylation sites is 1. The van der Waals surface area contributed by atoms with Crippen molar-refractivity contribution in [2.75, 3.05) is 25.0 Å². The van der Waals surface area contributed by atoms with Crippen LogP contribution in [0.25, 0.3) is 11.0 Å². The van der Waals surface area contributed by atoms with E-state index < -0.39 is 21.1 Å². The van der Waals surface area contributed by atoms with Gasteiger partial charge in [-0.05, 0) is 42.7 Å². The zero-order chi connectivity index (χ0) is 23.2. The molecule has 4 rings (SSSR count). The van der Waals surface area contributed by atoms with Crippen LogP contribution in [0.2, 0.25) is 0 Å². The van der Waals surface area contributed by atoms with Crippen LogP contribution in [0.1, 0.15) is 12.0 Å². The predicted octanol–water partition coefficient (Wildman–Crippen LogP) is 0.837. The van der Waals surface area contributed by atoms with Crippen molar-refractivity contribution in [2.45, 2.75) is 17.7 Å². The van der Waals surface area contributed by atoms with Gasteiger partial charge in [-0.25, -0.2) is 8.42 Å². The van der Waals surface area contributed by atoms with E-state index in [2.05, 4.69) is 0 Å². The average molecular weight is 457 g/mol. The Kier molecular flexibility index (Phi) is 5.51. The van der Waals surface area contributed by atoms with E-state index in [-0.39, 0.29) is 17.3 Å². The van der Waals surface area contributed by atoms with E-state index in [4.69, 9.17) is 0 Å². The largest absolute Gasteiger partial charge is 0.316 e. The predicted molar refractivity (Wildman–Crippen MR) is 121 cm³/mol. The second-order valence-corrected chi connectivity index (χ2v) is 9.96. The van der Waals surface area contributed by atoms with Gasteiger partial charge in [0.1, 0.15) is 0 Å². The molecule has 2 aromatic carbocycles. The van der Waals surface area contributed by atoms with E-state index in [1.165, 1.54) is 43.9 Å². The first-order valence-electron chi connectivity index (χ1n) is 10.2. The Hall–Kier alpha value is -3.24. The van der Waals surface area contributed by atoms with Crippen LogP contribution in [-0.4, -0.2) is 47.9 Å². The molecule has 0 bridgehead atoms. The third-order valence-electron chi connectivity index (χ3n) is 5.94. The maximum Gasteiger partial charge on any atom is 0.316 e. The lowest BCUT2D eigenvalue weighted by Crippen LogP contribution is -2.43. The van der Waals surface area contributed by atoms with Crippen LogP contribution in [0.5, 0.6) is 0 Å². The number of benzene rings is 2. The Morgan fingerprint density at radius 2 is 1.66 bits per heavy atom. The SMILES string of the molecule is CN(CC(=O)N1CCCc2ccccc21)S(=O)(=O)c1ccc2c(c1)n(C)c(=O)c(=O)n2C. The number of carbonyl (C=O) groups excluding carboxylic acids is 1. The second-order valence-electron chi connectivity index (χ2n) is 7.92. The molecule has 1 aliphatic rings. The third-order valence-corrected chi connectivity index (χ3v) is 7.74. The molecule has 0 saturated carbocycles. The number of aryl methyl sites for hydroxylation is 3. The van der Waals surface area contributed by atoms with Crippen LogP contribution < -0.4 is 16.0 Å². The molecule has 2 heterocycles. The molecule has 1 amide bonds. The lowest BCUT2D eigenvalue weighted by molar-refractivity contribution is -0.118. The summed E-state index contributed by atoms with van der Waals surface area (Å²) in [5, 5.41) is 0. The molecule has 0 N–H and O–H groups in total. The van der Waals surface area contributed by atoms with Gasteiger partial charge in [0.2, 0.25) is 15.9 Å². The van der Waals surface area contributed by atoms with E-state index >= 15 is 0 Å². The van der Waals surface area contributed by atoms with Crippen LogP contribution in [-0.2, 0) is 35.3 Å². The molecule has 0 fully saturated rings. The van der Waals surface area contributed by atoms with E-state index in [1.54, 1.807) is 4.90 Å². The summed E-state index contributed by atoms with van der Waals surface area (Å²) >= 11 is 0. The Balaban J connectivity index is 1.65. The number of carbonyl (C=O) groups is 1. The quantitative estimate of drug-likeness (QED) is 0.542. The van der Waals surface area contributed by atoms with E-state index in [9.17, 15) is 22.8 Å². The number of fused-ring (bicyclic) bond motifs is 2. The second kappa shape index (κ2) is 8.03. The highest BCUT2D eigenvalue weighted by Gasteiger charge is 2.28. The van der Waals surface area contributed by atoms with Crippen LogP contribution in [0.4, 0.5) is 5.69 Å². The van der Waals surface area contributed by atoms with Gasteiger partial charge < -0.3 is 14.0 Å². The van der Waals surface area contributed by atoms with Crippen molar-refractivity contribution in [3.63, 3.8) is 0 Å². The van der Waals surface area contributed by atoms with Gasteiger partial charge in [-0.15, -0.1) is 0 Å². The standard InChI is InChI=1S/C22H24N4O5S/c1-23(14-20(27)26-12-6-8-15-7-4-5-9-17(15)26)32(30,31)16-10-11-18-19(13-16)25(3)22(29)21(28)24(18)2/h4-5,7,9-11,13H,6,8,12,14H2,1-3H3. The fourth-order valence-corrected chi connectivity index (χ4v) is 5.20. The van der Waals surface area contributed by atoms with Gasteiger partial charge in [0, 0.05) is 33.4 Å². The van der Waals surface area contributed by atoms with E-state index in [0.717, 1.165) is 33.0 Å². The molecule has 3 aromatic rings. The maximum atomic E-state index is 13.2. The number of amides is 1. The number of rotatable bonds is 4. The maximum absolute atomic E-state index is 13.2. The summed E-state index contributed by atoms with van der Waals surface area (Å²) in [6.07, 6.45) is 1.70. The van der Waals surface area contributed by atoms with Gasteiger partial charge in [-0.3, -0.25) is 14.4 Å². The molecule has 0 atom stereocenters. The van der Waals surface area contributed by atoms with Crippen LogP contribution in [0.15, 0.2) is 56.9 Å². The number of hydrogen-bond donors (Lipinski definition) is 0. The summed E-state index contributed by atoms with van der Waals surface area (Å²) in [6.45, 7) is 0.219. The topological polar surface area (TPSA) is 102 Å². The first-order chi connectivity index (χ1) is 15.1. The molecule has 0 radical (unpaired) electrons. The number of sulfonamides is 1. The third kappa shape index (κ3) is 3.55. The fraction of sp³-hybridized carbons (Fsp3) is 0.318. The van der Waals surface area contributed by atoms with Gasteiger partial charge >= 0.3 is 11.1 Å². The Bertz CT molecular complexity index is 1460. The van der Waals surface area contributed by atoms with Gasteiger partial charge in [0.05, 0.1) is 22.5 Å². The fourth-order valence-electron chi connectivity index (χ4n) is 4.06. The lowest BCUT2D eigenvalue weighted by Gasteiger charge is -2.30. The molecule has 1 aromatic heterocycles. The molecule has 32 heavy (non-hydrogen) atoms. The zero-order valence-corrected chi connectivity index (χ0v) is 18.9. The van der Waals surface area contributed by atoms with Crippen molar-refractivity contribution in [1.29, 1.82) is 0 Å². The molecule has 168 valence electrons. The van der Waals surface area contributed by atoms with Crippen molar-refractivity contribution in [3.8, 4) is 0 Å². The Labute approximate surface area is 185 Å². The monoisotopic (exact) mass is 456 g/mol. The van der Waals surface area contributed by atoms with Crippen LogP contribution in [0, 0.1) is 0 Å². The minimum absolute atomic E-state index is 0.0620. The molecular weight excluding hydrogens is 432 g/mol. The molecule has 9 nitrogen and oxygen atoms in total. The van der Waals surface area contributed by atoms with Crippen LogP contribution in [0.3, 0.4) is 0 Å². The number of aromatic nitrogens is 2. The first-order valence-corrected chi connectivity index (χ1v) is 11.6. The average Bonchev–Trinajstić information content (AvgIpc) is 2.80. The first kappa shape index (κ1) is 22.0. The normalized spacial score (nSPS) is 14.1. The molecule has 0 unspecified atom stereocenters. The lowest BCUT2D eigenvalue weighted by atomic mass is 10.0. The summed E-state index contributed by atoms with van der Waals surface area (Å²) in [6, 6.07) is 11.8. The summed E-state index contributed by atoms with van der Waals surface area (Å²) in [7, 11) is 0.223. The highest BCUT2D eigenvalue weighted by molar-refractivity contribution is 7.89. The van der Waals surface area contributed by atoms with Gasteiger partial charge in [-0.1, -0.05) is 18.2 Å². The molecule has 0 saturated heterocycles. The summed E-state index contributed by atoms with van der Waals surface area (Å²) in [5.41, 5.74) is 1.18. The van der Waals surface area contributed by atoms with Crippen molar-refractivity contribution < 1.29 is 13.2 Å². The van der Waals surface area contributed by atoms with E-state index in [0.29, 0.717) is 17.6 Å². The molecular formula is C22H24N4O5S. The minimum atomic E-state index is -4.01. The van der Waals surface area contributed by atoms with E-state index in [1.807, 2.05) is 24.3 Å². The zero-order valence-electron chi connectivity index (χ0n) is 18.1. The van der Waals surface area contributed by atoms with Crippen LogP contribution >= 0.6 is 0 Å². The van der Waals surface area contributed by atoms with Gasteiger partial charge in [-0.2, -0.15) is 4.31 Å². The Morgan fingerprint density at radius 1 is 1.00 bits per heavy atom. The highest BCUT2D eigenvalue weighted by atomic mass is 32.2. The number of likely N-dealkylation sites (N-methyl/N-ethyl adjacent to an activating group) is 1.